The number of pyridine rings is 1. The summed E-state index contributed by atoms with van der Waals surface area (Å²) in [5, 5.41) is -0.0455. The van der Waals surface area contributed by atoms with Crippen LogP contribution >= 0.6 is 23.2 Å². The van der Waals surface area contributed by atoms with Gasteiger partial charge in [-0.05, 0) is 35.9 Å². The summed E-state index contributed by atoms with van der Waals surface area (Å²) >= 11 is 12.0. The third kappa shape index (κ3) is 4.62. The SMILES string of the molecule is COc1c(Cl)ccc(-c2cc(N)c(Cl)c(C(=O)NOCc3ccc(F)cc3)n2)c1F. The molecule has 0 saturated heterocycles. The van der Waals surface area contributed by atoms with Gasteiger partial charge in [-0.15, -0.1) is 0 Å². The zero-order valence-electron chi connectivity index (χ0n) is 15.5. The summed E-state index contributed by atoms with van der Waals surface area (Å²) in [6.07, 6.45) is 0. The number of nitrogen functional groups attached to an aromatic ring is 1. The molecule has 0 atom stereocenters. The van der Waals surface area contributed by atoms with Gasteiger partial charge < -0.3 is 10.5 Å². The summed E-state index contributed by atoms with van der Waals surface area (Å²) in [6, 6.07) is 9.66. The lowest BCUT2D eigenvalue weighted by Gasteiger charge is -2.12. The van der Waals surface area contributed by atoms with E-state index < -0.39 is 17.5 Å². The largest absolute Gasteiger partial charge is 0.492 e. The van der Waals surface area contributed by atoms with E-state index in [-0.39, 0.29) is 45.0 Å². The first kappa shape index (κ1) is 21.8. The molecule has 3 N–H and O–H groups in total. The number of rotatable bonds is 6. The Bertz CT molecular complexity index is 1100. The third-order valence-electron chi connectivity index (χ3n) is 4.05. The fourth-order valence-electron chi connectivity index (χ4n) is 2.57. The van der Waals surface area contributed by atoms with Crippen LogP contribution in [0.3, 0.4) is 0 Å². The number of hydrogen-bond acceptors (Lipinski definition) is 5. The average molecular weight is 454 g/mol. The Morgan fingerprint density at radius 1 is 1.17 bits per heavy atom. The molecular formula is C20H15Cl2F2N3O3. The Morgan fingerprint density at radius 3 is 2.53 bits per heavy atom. The van der Waals surface area contributed by atoms with Crippen molar-refractivity contribution in [2.45, 2.75) is 6.61 Å². The van der Waals surface area contributed by atoms with Crippen molar-refractivity contribution >= 4 is 34.8 Å². The number of benzene rings is 2. The van der Waals surface area contributed by atoms with Gasteiger partial charge in [-0.1, -0.05) is 35.3 Å². The summed E-state index contributed by atoms with van der Waals surface area (Å²) in [4.78, 5) is 21.7. The van der Waals surface area contributed by atoms with Gasteiger partial charge in [0, 0.05) is 5.56 Å². The number of nitrogens with one attached hydrogen (secondary N) is 1. The molecule has 0 unspecified atom stereocenters. The predicted octanol–water partition coefficient (Wildman–Crippen LogP) is 4.79. The fraction of sp³-hybridized carbons (Fsp3) is 0.100. The number of amides is 1. The van der Waals surface area contributed by atoms with Crippen molar-refractivity contribution in [3.05, 3.63) is 75.4 Å². The minimum Gasteiger partial charge on any atom is -0.492 e. The van der Waals surface area contributed by atoms with Crippen LogP contribution in [-0.4, -0.2) is 18.0 Å². The Kier molecular flexibility index (Phi) is 6.71. The van der Waals surface area contributed by atoms with Crippen molar-refractivity contribution in [3.63, 3.8) is 0 Å². The van der Waals surface area contributed by atoms with E-state index in [2.05, 4.69) is 10.5 Å². The molecule has 0 aliphatic carbocycles. The van der Waals surface area contributed by atoms with Gasteiger partial charge in [-0.25, -0.2) is 19.2 Å². The van der Waals surface area contributed by atoms with Crippen LogP contribution in [0.4, 0.5) is 14.5 Å². The number of ether oxygens (including phenoxy) is 1. The standard InChI is InChI=1S/C20H15Cl2F2N3O3/c1-29-19-13(21)7-6-12(17(19)24)15-8-14(25)16(22)18(26-15)20(28)27-30-9-10-2-4-11(23)5-3-10/h2-8H,9H2,1H3,(H2,25,26)(H,27,28). The molecule has 0 radical (unpaired) electrons. The van der Waals surface area contributed by atoms with E-state index >= 15 is 0 Å². The second-order valence-electron chi connectivity index (χ2n) is 6.05. The number of hydroxylamine groups is 1. The van der Waals surface area contributed by atoms with Gasteiger partial charge in [0.05, 0.1) is 35.1 Å². The van der Waals surface area contributed by atoms with Crippen molar-refractivity contribution in [3.8, 4) is 17.0 Å². The monoisotopic (exact) mass is 453 g/mol. The van der Waals surface area contributed by atoms with Crippen molar-refractivity contribution in [1.82, 2.24) is 10.5 Å². The number of carbonyl (C=O) groups is 1. The second kappa shape index (κ2) is 9.25. The molecule has 1 amide bonds. The highest BCUT2D eigenvalue weighted by atomic mass is 35.5. The van der Waals surface area contributed by atoms with E-state index in [1.54, 1.807) is 0 Å². The predicted molar refractivity (Wildman–Crippen MR) is 109 cm³/mol. The highest BCUT2D eigenvalue weighted by Crippen LogP contribution is 2.36. The molecule has 6 nitrogen and oxygen atoms in total. The highest BCUT2D eigenvalue weighted by Gasteiger charge is 2.21. The van der Waals surface area contributed by atoms with Crippen molar-refractivity contribution in [2.75, 3.05) is 12.8 Å². The third-order valence-corrected chi connectivity index (χ3v) is 4.74. The molecule has 0 fully saturated rings. The van der Waals surface area contributed by atoms with Crippen LogP contribution in [-0.2, 0) is 11.4 Å². The second-order valence-corrected chi connectivity index (χ2v) is 6.83. The molecule has 10 heteroatoms. The first-order valence-corrected chi connectivity index (χ1v) is 9.22. The first-order valence-electron chi connectivity index (χ1n) is 8.46. The lowest BCUT2D eigenvalue weighted by Crippen LogP contribution is -2.25. The maximum Gasteiger partial charge on any atom is 0.295 e. The van der Waals surface area contributed by atoms with Gasteiger partial charge >= 0.3 is 0 Å². The van der Waals surface area contributed by atoms with Crippen molar-refractivity contribution in [2.24, 2.45) is 0 Å². The van der Waals surface area contributed by atoms with E-state index in [0.717, 1.165) is 0 Å². The van der Waals surface area contributed by atoms with Gasteiger partial charge in [-0.3, -0.25) is 9.63 Å². The molecule has 0 bridgehead atoms. The first-order chi connectivity index (χ1) is 14.3. The molecule has 3 aromatic rings. The summed E-state index contributed by atoms with van der Waals surface area (Å²) in [5.41, 5.74) is 8.49. The van der Waals surface area contributed by atoms with Crippen LogP contribution in [0.2, 0.25) is 10.0 Å². The van der Waals surface area contributed by atoms with Gasteiger partial charge in [0.1, 0.15) is 5.82 Å². The van der Waals surface area contributed by atoms with E-state index in [0.29, 0.717) is 5.56 Å². The molecule has 0 aliphatic rings. The lowest BCUT2D eigenvalue weighted by atomic mass is 10.1. The highest BCUT2D eigenvalue weighted by molar-refractivity contribution is 6.36. The van der Waals surface area contributed by atoms with E-state index in [1.165, 1.54) is 49.6 Å². The Hall–Kier alpha value is -2.94. The summed E-state index contributed by atoms with van der Waals surface area (Å²) < 4.78 is 32.6. The number of halogens is 4. The van der Waals surface area contributed by atoms with Crippen LogP contribution in [0.25, 0.3) is 11.3 Å². The van der Waals surface area contributed by atoms with Crippen LogP contribution in [0.15, 0.2) is 42.5 Å². The number of nitrogens with zero attached hydrogens (tertiary/aromatic N) is 1. The van der Waals surface area contributed by atoms with E-state index in [9.17, 15) is 13.6 Å². The molecular weight excluding hydrogens is 439 g/mol. The molecule has 1 heterocycles. The molecule has 156 valence electrons. The van der Waals surface area contributed by atoms with Crippen LogP contribution in [0, 0.1) is 11.6 Å². The Morgan fingerprint density at radius 2 is 1.87 bits per heavy atom. The Balaban J connectivity index is 1.84. The molecule has 0 aliphatic heterocycles. The number of carbonyl (C=O) groups excluding carboxylic acids is 1. The van der Waals surface area contributed by atoms with Crippen LogP contribution in [0.5, 0.6) is 5.75 Å². The number of methoxy groups -OCH3 is 1. The van der Waals surface area contributed by atoms with Gasteiger partial charge in [0.25, 0.3) is 5.91 Å². The van der Waals surface area contributed by atoms with E-state index in [4.69, 9.17) is 38.5 Å². The number of anilines is 1. The fourth-order valence-corrected chi connectivity index (χ4v) is 2.97. The number of nitrogens with two attached hydrogens (primary N) is 1. The smallest absolute Gasteiger partial charge is 0.295 e. The van der Waals surface area contributed by atoms with Crippen LogP contribution < -0.4 is 16.0 Å². The molecule has 0 saturated carbocycles. The van der Waals surface area contributed by atoms with Crippen molar-refractivity contribution in [1.29, 1.82) is 0 Å². The quantitative estimate of drug-likeness (QED) is 0.524. The lowest BCUT2D eigenvalue weighted by molar-refractivity contribution is 0.0229. The van der Waals surface area contributed by atoms with E-state index in [1.807, 2.05) is 0 Å². The van der Waals surface area contributed by atoms with Gasteiger partial charge in [0.2, 0.25) is 0 Å². The van der Waals surface area contributed by atoms with Crippen molar-refractivity contribution < 1.29 is 23.1 Å². The van der Waals surface area contributed by atoms with Gasteiger partial charge in [0.15, 0.2) is 17.3 Å². The Labute approximate surface area is 180 Å². The molecule has 1 aromatic heterocycles. The molecule has 2 aromatic carbocycles. The normalized spacial score (nSPS) is 10.7. The summed E-state index contributed by atoms with van der Waals surface area (Å²) in [6.45, 7) is -0.0260. The molecule has 3 rings (SSSR count). The minimum absolute atomic E-state index is 0.0127. The average Bonchev–Trinajstić information content (AvgIpc) is 2.72. The molecule has 0 spiro atoms. The zero-order chi connectivity index (χ0) is 21.8. The summed E-state index contributed by atoms with van der Waals surface area (Å²) in [7, 11) is 1.27. The van der Waals surface area contributed by atoms with Crippen LogP contribution in [0.1, 0.15) is 16.1 Å². The molecule has 30 heavy (non-hydrogen) atoms. The number of aromatic nitrogens is 1. The topological polar surface area (TPSA) is 86.5 Å². The minimum atomic E-state index is -0.794. The zero-order valence-corrected chi connectivity index (χ0v) is 17.0. The maximum atomic E-state index is 14.7. The summed E-state index contributed by atoms with van der Waals surface area (Å²) in [5.74, 6) is -2.12. The van der Waals surface area contributed by atoms with Gasteiger partial charge in [-0.2, -0.15) is 0 Å². The number of hydrogen-bond donors (Lipinski definition) is 2. The maximum absolute atomic E-state index is 14.7.